The molecular weight excluding hydrogens is 281 g/mol. The van der Waals surface area contributed by atoms with Crippen molar-refractivity contribution in [1.29, 1.82) is 0 Å². The van der Waals surface area contributed by atoms with Crippen LogP contribution in [-0.4, -0.2) is 29.8 Å². The Hall–Kier alpha value is -1.58. The molecule has 1 aliphatic heterocycles. The molecule has 0 spiro atoms. The normalized spacial score (nSPS) is 27.1. The minimum absolute atomic E-state index is 0.199. The summed E-state index contributed by atoms with van der Waals surface area (Å²) in [5.41, 5.74) is -0.0981. The number of ether oxygens (including phenoxy) is 1. The molecule has 0 radical (unpaired) electrons. The van der Waals surface area contributed by atoms with Crippen molar-refractivity contribution in [3.8, 4) is 0 Å². The second-order valence-corrected chi connectivity index (χ2v) is 6.84. The van der Waals surface area contributed by atoms with Crippen molar-refractivity contribution in [1.82, 2.24) is 4.90 Å². The summed E-state index contributed by atoms with van der Waals surface area (Å²) in [6, 6.07) is 9.61. The van der Waals surface area contributed by atoms with E-state index in [9.17, 15) is 9.18 Å². The molecule has 1 aliphatic carbocycles. The number of likely N-dealkylation sites (tertiary alicyclic amines) is 1. The number of amides is 1. The van der Waals surface area contributed by atoms with E-state index in [1.54, 1.807) is 4.90 Å². The highest BCUT2D eigenvalue weighted by Crippen LogP contribution is 2.47. The Kier molecular flexibility index (Phi) is 4.37. The number of benzene rings is 1. The van der Waals surface area contributed by atoms with Crippen LogP contribution in [0.1, 0.15) is 38.2 Å². The summed E-state index contributed by atoms with van der Waals surface area (Å²) in [4.78, 5) is 13.7. The Bertz CT molecular complexity index is 505. The van der Waals surface area contributed by atoms with Crippen LogP contribution in [0.25, 0.3) is 0 Å². The maximum absolute atomic E-state index is 14.9. The summed E-state index contributed by atoms with van der Waals surface area (Å²) in [7, 11) is 0. The van der Waals surface area contributed by atoms with Crippen molar-refractivity contribution < 1.29 is 13.9 Å². The number of hydrogen-bond acceptors (Lipinski definition) is 2. The molecule has 1 saturated heterocycles. The highest BCUT2D eigenvalue weighted by atomic mass is 19.1. The van der Waals surface area contributed by atoms with Gasteiger partial charge in [-0.05, 0) is 43.1 Å². The van der Waals surface area contributed by atoms with E-state index >= 15 is 0 Å². The molecule has 1 aromatic carbocycles. The Morgan fingerprint density at radius 2 is 1.91 bits per heavy atom. The van der Waals surface area contributed by atoms with E-state index in [0.29, 0.717) is 31.8 Å². The first-order valence-corrected chi connectivity index (χ1v) is 8.21. The van der Waals surface area contributed by atoms with Crippen LogP contribution in [0, 0.1) is 11.8 Å². The fourth-order valence-electron chi connectivity index (χ4n) is 3.60. The van der Waals surface area contributed by atoms with Gasteiger partial charge < -0.3 is 9.64 Å². The summed E-state index contributed by atoms with van der Waals surface area (Å²) in [6.07, 6.45) is 2.56. The molecule has 1 saturated carbocycles. The molecular formula is C18H24FNO2. The highest BCUT2D eigenvalue weighted by molar-refractivity contribution is 5.67. The van der Waals surface area contributed by atoms with Crippen LogP contribution in [0.15, 0.2) is 30.3 Å². The number of piperidine rings is 1. The van der Waals surface area contributed by atoms with Crippen molar-refractivity contribution in [2.45, 2.75) is 44.9 Å². The Morgan fingerprint density at radius 3 is 2.50 bits per heavy atom. The lowest BCUT2D eigenvalue weighted by Gasteiger charge is -2.46. The number of carbonyl (C=O) groups excluding carboxylic acids is 1. The van der Waals surface area contributed by atoms with E-state index in [2.05, 4.69) is 6.92 Å². The Labute approximate surface area is 131 Å². The van der Waals surface area contributed by atoms with Crippen LogP contribution < -0.4 is 0 Å². The van der Waals surface area contributed by atoms with Gasteiger partial charge in [0.2, 0.25) is 0 Å². The van der Waals surface area contributed by atoms with Crippen LogP contribution in [-0.2, 0) is 11.3 Å². The molecule has 0 bridgehead atoms. The molecule has 0 atom stereocenters. The van der Waals surface area contributed by atoms with Gasteiger partial charge in [0.05, 0.1) is 0 Å². The Balaban J connectivity index is 1.45. The predicted octanol–water partition coefficient (Wildman–Crippen LogP) is 4.17. The third-order valence-electron chi connectivity index (χ3n) is 5.16. The van der Waals surface area contributed by atoms with Crippen molar-refractivity contribution >= 4 is 6.09 Å². The molecule has 120 valence electrons. The van der Waals surface area contributed by atoms with Gasteiger partial charge in [0.1, 0.15) is 12.3 Å². The summed E-state index contributed by atoms with van der Waals surface area (Å²) in [6.45, 7) is 3.39. The zero-order valence-electron chi connectivity index (χ0n) is 13.1. The number of nitrogens with zero attached hydrogens (tertiary/aromatic N) is 1. The topological polar surface area (TPSA) is 29.5 Å². The van der Waals surface area contributed by atoms with E-state index in [4.69, 9.17) is 4.74 Å². The standard InChI is InChI=1S/C18H24FNO2/c1-14-11-16(12-14)18(19)7-9-20(10-8-18)17(21)22-13-15-5-3-2-4-6-15/h2-6,14,16H,7-13H2,1H3. The smallest absolute Gasteiger partial charge is 0.410 e. The molecule has 3 rings (SSSR count). The summed E-state index contributed by atoms with van der Waals surface area (Å²) >= 11 is 0. The molecule has 1 aromatic rings. The first kappa shape index (κ1) is 15.3. The number of rotatable bonds is 3. The van der Waals surface area contributed by atoms with Crippen molar-refractivity contribution in [2.75, 3.05) is 13.1 Å². The van der Waals surface area contributed by atoms with Gasteiger partial charge in [-0.25, -0.2) is 9.18 Å². The van der Waals surface area contributed by atoms with E-state index in [-0.39, 0.29) is 18.6 Å². The maximum Gasteiger partial charge on any atom is 0.410 e. The van der Waals surface area contributed by atoms with Gasteiger partial charge in [-0.15, -0.1) is 0 Å². The monoisotopic (exact) mass is 305 g/mol. The minimum atomic E-state index is -1.07. The molecule has 0 unspecified atom stereocenters. The maximum atomic E-state index is 14.9. The summed E-state index contributed by atoms with van der Waals surface area (Å²) < 4.78 is 20.2. The number of alkyl halides is 1. The summed E-state index contributed by atoms with van der Waals surface area (Å²) in [5.74, 6) is 0.858. The fraction of sp³-hybridized carbons (Fsp3) is 0.611. The largest absolute Gasteiger partial charge is 0.445 e. The average Bonchev–Trinajstić information content (AvgIpc) is 2.51. The third kappa shape index (κ3) is 3.26. The molecule has 22 heavy (non-hydrogen) atoms. The number of hydrogen-bond donors (Lipinski definition) is 0. The van der Waals surface area contributed by atoms with Crippen LogP contribution in [0.4, 0.5) is 9.18 Å². The Morgan fingerprint density at radius 1 is 1.27 bits per heavy atom. The molecule has 2 aliphatic rings. The molecule has 1 amide bonds. The first-order chi connectivity index (χ1) is 10.6. The van der Waals surface area contributed by atoms with Crippen LogP contribution >= 0.6 is 0 Å². The molecule has 2 fully saturated rings. The summed E-state index contributed by atoms with van der Waals surface area (Å²) in [5, 5.41) is 0. The third-order valence-corrected chi connectivity index (χ3v) is 5.16. The van der Waals surface area contributed by atoms with Gasteiger partial charge in [-0.1, -0.05) is 37.3 Å². The van der Waals surface area contributed by atoms with Gasteiger partial charge in [0, 0.05) is 13.1 Å². The van der Waals surface area contributed by atoms with E-state index < -0.39 is 5.67 Å². The van der Waals surface area contributed by atoms with Crippen LogP contribution in [0.5, 0.6) is 0 Å². The van der Waals surface area contributed by atoms with E-state index in [1.807, 2.05) is 30.3 Å². The quantitative estimate of drug-likeness (QED) is 0.838. The van der Waals surface area contributed by atoms with Gasteiger partial charge in [0.25, 0.3) is 0 Å². The lowest BCUT2D eigenvalue weighted by molar-refractivity contribution is -0.0414. The number of carbonyl (C=O) groups is 1. The fourth-order valence-corrected chi connectivity index (χ4v) is 3.60. The average molecular weight is 305 g/mol. The first-order valence-electron chi connectivity index (χ1n) is 8.21. The molecule has 0 aromatic heterocycles. The van der Waals surface area contributed by atoms with Crippen LogP contribution in [0.2, 0.25) is 0 Å². The van der Waals surface area contributed by atoms with Crippen molar-refractivity contribution in [3.05, 3.63) is 35.9 Å². The lowest BCUT2D eigenvalue weighted by atomic mass is 9.65. The molecule has 3 nitrogen and oxygen atoms in total. The van der Waals surface area contributed by atoms with E-state index in [0.717, 1.165) is 18.4 Å². The zero-order valence-corrected chi connectivity index (χ0v) is 13.1. The van der Waals surface area contributed by atoms with Gasteiger partial charge in [-0.3, -0.25) is 0 Å². The molecule has 0 N–H and O–H groups in total. The molecule has 1 heterocycles. The predicted molar refractivity (Wildman–Crippen MR) is 83.2 cm³/mol. The van der Waals surface area contributed by atoms with Gasteiger partial charge >= 0.3 is 6.09 Å². The number of halogens is 1. The zero-order chi connectivity index (χ0) is 15.6. The van der Waals surface area contributed by atoms with E-state index in [1.165, 1.54) is 0 Å². The molecule has 4 heteroatoms. The van der Waals surface area contributed by atoms with Crippen molar-refractivity contribution in [2.24, 2.45) is 11.8 Å². The second-order valence-electron chi connectivity index (χ2n) is 6.84. The SMILES string of the molecule is CC1CC(C2(F)CCN(C(=O)OCc3ccccc3)CC2)C1. The highest BCUT2D eigenvalue weighted by Gasteiger charge is 2.47. The van der Waals surface area contributed by atoms with Gasteiger partial charge in [-0.2, -0.15) is 0 Å². The minimum Gasteiger partial charge on any atom is -0.445 e. The second kappa shape index (κ2) is 6.27. The van der Waals surface area contributed by atoms with Crippen LogP contribution in [0.3, 0.4) is 0 Å². The lowest BCUT2D eigenvalue weighted by Crippen LogP contribution is -2.50. The van der Waals surface area contributed by atoms with Gasteiger partial charge in [0.15, 0.2) is 0 Å². The van der Waals surface area contributed by atoms with Crippen molar-refractivity contribution in [3.63, 3.8) is 0 Å².